The van der Waals surface area contributed by atoms with E-state index in [1.54, 1.807) is 6.07 Å². The van der Waals surface area contributed by atoms with E-state index in [9.17, 15) is 8.78 Å². The highest BCUT2D eigenvalue weighted by atomic mass is 35.5. The molecular formula is C13H7ClF2N2O2. The van der Waals surface area contributed by atoms with E-state index in [0.29, 0.717) is 0 Å². The van der Waals surface area contributed by atoms with Crippen LogP contribution in [0.3, 0.4) is 0 Å². The van der Waals surface area contributed by atoms with Gasteiger partial charge in [-0.05, 0) is 35.9 Å². The lowest BCUT2D eigenvalue weighted by Gasteiger charge is -2.02. The van der Waals surface area contributed by atoms with Crippen molar-refractivity contribution in [3.8, 4) is 22.6 Å². The minimum absolute atomic E-state index is 0.0627. The third-order valence-corrected chi connectivity index (χ3v) is 2.93. The zero-order valence-corrected chi connectivity index (χ0v) is 10.6. The molecule has 2 heterocycles. The van der Waals surface area contributed by atoms with Gasteiger partial charge in [0.15, 0.2) is 16.7 Å². The standard InChI is InChI=1S/C13H7ClF2N2O2/c14-10-4-3-9(19-10)12-11(13(17)20-18-12)7-2-1-6(15)5-8(7)16/h1-5H,17H2. The Balaban J connectivity index is 2.21. The fraction of sp³-hybridized carbons (Fsp3) is 0. The van der Waals surface area contributed by atoms with Gasteiger partial charge in [0.05, 0.1) is 5.56 Å². The molecule has 0 radical (unpaired) electrons. The number of nitrogens with two attached hydrogens (primary N) is 1. The van der Waals surface area contributed by atoms with Crippen molar-refractivity contribution >= 4 is 17.5 Å². The Labute approximate surface area is 116 Å². The van der Waals surface area contributed by atoms with Crippen LogP contribution in [0.25, 0.3) is 22.6 Å². The van der Waals surface area contributed by atoms with E-state index < -0.39 is 11.6 Å². The number of nitrogen functional groups attached to an aromatic ring is 1. The summed E-state index contributed by atoms with van der Waals surface area (Å²) >= 11 is 5.69. The van der Waals surface area contributed by atoms with E-state index >= 15 is 0 Å². The molecule has 0 spiro atoms. The van der Waals surface area contributed by atoms with Gasteiger partial charge in [0, 0.05) is 11.6 Å². The van der Waals surface area contributed by atoms with Crippen LogP contribution in [0, 0.1) is 11.6 Å². The van der Waals surface area contributed by atoms with Crippen LogP contribution in [0.2, 0.25) is 5.22 Å². The number of anilines is 1. The van der Waals surface area contributed by atoms with Crippen molar-refractivity contribution in [3.05, 3.63) is 47.2 Å². The van der Waals surface area contributed by atoms with Crippen LogP contribution in [0.4, 0.5) is 14.7 Å². The molecule has 1 aromatic carbocycles. The second-order valence-electron chi connectivity index (χ2n) is 4.00. The molecule has 0 bridgehead atoms. The van der Waals surface area contributed by atoms with Gasteiger partial charge in [-0.3, -0.25) is 0 Å². The summed E-state index contributed by atoms with van der Waals surface area (Å²) in [6.07, 6.45) is 0. The maximum Gasteiger partial charge on any atom is 0.230 e. The number of benzene rings is 1. The number of aromatic nitrogens is 1. The summed E-state index contributed by atoms with van der Waals surface area (Å²) in [7, 11) is 0. The molecule has 2 N–H and O–H groups in total. The quantitative estimate of drug-likeness (QED) is 0.772. The monoisotopic (exact) mass is 296 g/mol. The number of hydrogen-bond donors (Lipinski definition) is 1. The molecule has 0 saturated heterocycles. The zero-order valence-electron chi connectivity index (χ0n) is 9.86. The molecule has 20 heavy (non-hydrogen) atoms. The molecule has 0 aliphatic heterocycles. The van der Waals surface area contributed by atoms with Crippen LogP contribution in [-0.2, 0) is 0 Å². The third kappa shape index (κ3) is 2.04. The van der Waals surface area contributed by atoms with E-state index in [1.165, 1.54) is 12.1 Å². The first-order chi connectivity index (χ1) is 9.56. The Kier molecular flexibility index (Phi) is 2.94. The molecule has 2 aromatic heterocycles. The Bertz CT molecular complexity index is 783. The number of halogens is 3. The molecule has 3 aromatic rings. The largest absolute Gasteiger partial charge is 0.443 e. The predicted molar refractivity (Wildman–Crippen MR) is 69.0 cm³/mol. The van der Waals surface area contributed by atoms with Gasteiger partial charge in [0.25, 0.3) is 0 Å². The van der Waals surface area contributed by atoms with Crippen molar-refractivity contribution in [3.63, 3.8) is 0 Å². The smallest absolute Gasteiger partial charge is 0.230 e. The third-order valence-electron chi connectivity index (χ3n) is 2.73. The van der Waals surface area contributed by atoms with Crippen molar-refractivity contribution in [2.24, 2.45) is 0 Å². The Morgan fingerprint density at radius 2 is 1.95 bits per heavy atom. The average molecular weight is 297 g/mol. The molecule has 0 atom stereocenters. The molecule has 102 valence electrons. The average Bonchev–Trinajstić information content (AvgIpc) is 2.96. The van der Waals surface area contributed by atoms with E-state index in [-0.39, 0.29) is 33.7 Å². The van der Waals surface area contributed by atoms with Crippen molar-refractivity contribution in [2.75, 3.05) is 5.73 Å². The van der Waals surface area contributed by atoms with Crippen LogP contribution in [0.1, 0.15) is 0 Å². The molecule has 0 amide bonds. The van der Waals surface area contributed by atoms with E-state index in [1.807, 2.05) is 0 Å². The summed E-state index contributed by atoms with van der Waals surface area (Å²) in [4.78, 5) is 0. The van der Waals surface area contributed by atoms with Crippen LogP contribution in [0.15, 0.2) is 39.3 Å². The fourth-order valence-corrected chi connectivity index (χ4v) is 2.01. The first kappa shape index (κ1) is 12.7. The molecule has 3 rings (SSSR count). The van der Waals surface area contributed by atoms with Crippen LogP contribution in [-0.4, -0.2) is 5.16 Å². The predicted octanol–water partition coefficient (Wildman–Crippen LogP) is 4.12. The van der Waals surface area contributed by atoms with Gasteiger partial charge in [-0.25, -0.2) is 8.78 Å². The van der Waals surface area contributed by atoms with Gasteiger partial charge < -0.3 is 14.7 Å². The van der Waals surface area contributed by atoms with E-state index in [4.69, 9.17) is 26.3 Å². The normalized spacial score (nSPS) is 10.9. The van der Waals surface area contributed by atoms with Crippen molar-refractivity contribution < 1.29 is 17.7 Å². The minimum Gasteiger partial charge on any atom is -0.443 e. The summed E-state index contributed by atoms with van der Waals surface area (Å²) < 4.78 is 36.9. The van der Waals surface area contributed by atoms with E-state index in [0.717, 1.165) is 12.1 Å². The van der Waals surface area contributed by atoms with Crippen LogP contribution < -0.4 is 5.73 Å². The molecule has 0 saturated carbocycles. The number of rotatable bonds is 2. The number of furan rings is 1. The molecule has 0 fully saturated rings. The Morgan fingerprint density at radius 1 is 1.15 bits per heavy atom. The lowest BCUT2D eigenvalue weighted by Crippen LogP contribution is -1.91. The fourth-order valence-electron chi connectivity index (χ4n) is 1.87. The molecule has 4 nitrogen and oxygen atoms in total. The second-order valence-corrected chi connectivity index (χ2v) is 4.37. The Hall–Kier alpha value is -2.34. The second kappa shape index (κ2) is 4.64. The SMILES string of the molecule is Nc1onc(-c2ccc(Cl)o2)c1-c1ccc(F)cc1F. The summed E-state index contributed by atoms with van der Waals surface area (Å²) in [5.74, 6) is -1.30. The summed E-state index contributed by atoms with van der Waals surface area (Å²) in [5.41, 5.74) is 6.11. The van der Waals surface area contributed by atoms with Gasteiger partial charge in [0.2, 0.25) is 5.88 Å². The van der Waals surface area contributed by atoms with Gasteiger partial charge >= 0.3 is 0 Å². The van der Waals surface area contributed by atoms with Crippen molar-refractivity contribution in [2.45, 2.75) is 0 Å². The Morgan fingerprint density at radius 3 is 2.60 bits per heavy atom. The summed E-state index contributed by atoms with van der Waals surface area (Å²) in [6.45, 7) is 0. The highest BCUT2D eigenvalue weighted by molar-refractivity contribution is 6.29. The van der Waals surface area contributed by atoms with Crippen molar-refractivity contribution in [1.29, 1.82) is 0 Å². The molecule has 0 unspecified atom stereocenters. The highest BCUT2D eigenvalue weighted by Gasteiger charge is 2.22. The minimum atomic E-state index is -0.779. The number of nitrogens with zero attached hydrogens (tertiary/aromatic N) is 1. The first-order valence-corrected chi connectivity index (χ1v) is 5.90. The molecular weight excluding hydrogens is 290 g/mol. The lowest BCUT2D eigenvalue weighted by atomic mass is 10.0. The van der Waals surface area contributed by atoms with Gasteiger partial charge in [-0.1, -0.05) is 5.16 Å². The maximum atomic E-state index is 13.9. The van der Waals surface area contributed by atoms with Crippen LogP contribution in [0.5, 0.6) is 0 Å². The summed E-state index contributed by atoms with van der Waals surface area (Å²) in [6, 6.07) is 6.17. The molecule has 0 aliphatic rings. The number of hydrogen-bond acceptors (Lipinski definition) is 4. The van der Waals surface area contributed by atoms with Crippen molar-refractivity contribution in [1.82, 2.24) is 5.16 Å². The van der Waals surface area contributed by atoms with E-state index in [2.05, 4.69) is 5.16 Å². The zero-order chi connectivity index (χ0) is 14.3. The van der Waals surface area contributed by atoms with Gasteiger partial charge in [0.1, 0.15) is 11.6 Å². The van der Waals surface area contributed by atoms with Gasteiger partial charge in [-0.2, -0.15) is 0 Å². The van der Waals surface area contributed by atoms with Crippen LogP contribution >= 0.6 is 11.6 Å². The highest BCUT2D eigenvalue weighted by Crippen LogP contribution is 2.38. The topological polar surface area (TPSA) is 65.2 Å². The lowest BCUT2D eigenvalue weighted by molar-refractivity contribution is 0.436. The first-order valence-electron chi connectivity index (χ1n) is 5.52. The van der Waals surface area contributed by atoms with Gasteiger partial charge in [-0.15, -0.1) is 0 Å². The molecule has 0 aliphatic carbocycles. The summed E-state index contributed by atoms with van der Waals surface area (Å²) in [5, 5.41) is 3.87. The maximum absolute atomic E-state index is 13.9. The molecule has 7 heteroatoms.